The molecular weight excluding hydrogens is 328 g/mol. The predicted octanol–water partition coefficient (Wildman–Crippen LogP) is 5.88. The van der Waals surface area contributed by atoms with E-state index in [0.717, 1.165) is 22.6 Å². The molecule has 3 rings (SSSR count). The molecule has 0 amide bonds. The minimum atomic E-state index is 0.393. The van der Waals surface area contributed by atoms with E-state index in [0.29, 0.717) is 12.4 Å². The van der Waals surface area contributed by atoms with Crippen LogP contribution in [0.15, 0.2) is 71.6 Å². The van der Waals surface area contributed by atoms with Gasteiger partial charge < -0.3 is 9.84 Å². The lowest BCUT2D eigenvalue weighted by atomic mass is 10.1. The summed E-state index contributed by atoms with van der Waals surface area (Å²) in [6.45, 7) is 4.46. The fourth-order valence-electron chi connectivity index (χ4n) is 2.59. The molecule has 128 valence electrons. The summed E-state index contributed by atoms with van der Waals surface area (Å²) < 4.78 is 5.82. The fourth-order valence-corrected chi connectivity index (χ4v) is 3.63. The summed E-state index contributed by atoms with van der Waals surface area (Å²) in [4.78, 5) is 1.18. The summed E-state index contributed by atoms with van der Waals surface area (Å²) in [6, 6.07) is 22.5. The topological polar surface area (TPSA) is 29.5 Å². The quantitative estimate of drug-likeness (QED) is 0.563. The molecule has 25 heavy (non-hydrogen) atoms. The number of hydrogen-bond acceptors (Lipinski definition) is 3. The van der Waals surface area contributed by atoms with Crippen molar-refractivity contribution in [2.24, 2.45) is 0 Å². The van der Waals surface area contributed by atoms with E-state index in [2.05, 4.69) is 24.3 Å². The van der Waals surface area contributed by atoms with Gasteiger partial charge in [0.1, 0.15) is 18.1 Å². The summed E-state index contributed by atoms with van der Waals surface area (Å²) in [5.74, 6) is 2.17. The Hall–Kier alpha value is -2.39. The Morgan fingerprint density at radius 3 is 2.12 bits per heavy atom. The van der Waals surface area contributed by atoms with E-state index in [1.54, 1.807) is 11.8 Å². The zero-order valence-corrected chi connectivity index (χ0v) is 15.3. The van der Waals surface area contributed by atoms with Gasteiger partial charge in [-0.1, -0.05) is 42.5 Å². The van der Waals surface area contributed by atoms with Gasteiger partial charge >= 0.3 is 0 Å². The molecule has 3 aromatic rings. The lowest BCUT2D eigenvalue weighted by molar-refractivity contribution is 0.306. The molecule has 0 bridgehead atoms. The lowest BCUT2D eigenvalue weighted by Gasteiger charge is -2.09. The van der Waals surface area contributed by atoms with Gasteiger partial charge in [0.25, 0.3) is 0 Å². The minimum Gasteiger partial charge on any atom is -0.507 e. The Labute approximate surface area is 153 Å². The maximum absolute atomic E-state index is 9.86. The van der Waals surface area contributed by atoms with Gasteiger partial charge in [0.15, 0.2) is 0 Å². The van der Waals surface area contributed by atoms with Crippen molar-refractivity contribution in [2.45, 2.75) is 31.1 Å². The van der Waals surface area contributed by atoms with E-state index < -0.39 is 0 Å². The standard InChI is InChI=1S/C22H22O2S/c1-16-12-21(13-17(2)22(16)23)25-15-19-8-10-20(11-9-19)24-14-18-6-4-3-5-7-18/h3-13,23H,14-15H2,1-2H3. The molecular formula is C22H22O2S. The van der Waals surface area contributed by atoms with Gasteiger partial charge in [0.2, 0.25) is 0 Å². The Balaban J connectivity index is 1.56. The third kappa shape index (κ3) is 4.80. The molecule has 0 saturated carbocycles. The molecule has 0 spiro atoms. The third-order valence-electron chi connectivity index (χ3n) is 4.04. The number of thioether (sulfide) groups is 1. The number of phenols is 1. The molecule has 0 aliphatic rings. The van der Waals surface area contributed by atoms with Crippen LogP contribution in [-0.4, -0.2) is 5.11 Å². The molecule has 0 radical (unpaired) electrons. The zero-order valence-electron chi connectivity index (χ0n) is 14.5. The first-order valence-electron chi connectivity index (χ1n) is 8.30. The van der Waals surface area contributed by atoms with Crippen LogP contribution in [0.2, 0.25) is 0 Å². The van der Waals surface area contributed by atoms with E-state index in [1.165, 1.54) is 16.0 Å². The number of ether oxygens (including phenoxy) is 1. The molecule has 0 aromatic heterocycles. The fraction of sp³-hybridized carbons (Fsp3) is 0.182. The summed E-state index contributed by atoms with van der Waals surface area (Å²) in [5, 5.41) is 9.86. The second-order valence-corrected chi connectivity index (χ2v) is 7.16. The largest absolute Gasteiger partial charge is 0.507 e. The maximum atomic E-state index is 9.86. The van der Waals surface area contributed by atoms with Gasteiger partial charge in [0, 0.05) is 10.6 Å². The first-order chi connectivity index (χ1) is 12.1. The molecule has 2 nitrogen and oxygen atoms in total. The number of hydrogen-bond donors (Lipinski definition) is 1. The molecule has 3 aromatic carbocycles. The average molecular weight is 350 g/mol. The number of aromatic hydroxyl groups is 1. The predicted molar refractivity (Wildman–Crippen MR) is 104 cm³/mol. The first-order valence-corrected chi connectivity index (χ1v) is 9.29. The minimum absolute atomic E-state index is 0.393. The summed E-state index contributed by atoms with van der Waals surface area (Å²) in [5.41, 5.74) is 4.26. The highest BCUT2D eigenvalue weighted by Gasteiger charge is 2.04. The molecule has 0 unspecified atom stereocenters. The molecule has 0 heterocycles. The number of benzene rings is 3. The van der Waals surface area contributed by atoms with Crippen molar-refractivity contribution in [2.75, 3.05) is 0 Å². The van der Waals surface area contributed by atoms with Gasteiger partial charge in [-0.05, 0) is 60.4 Å². The number of rotatable bonds is 6. The van der Waals surface area contributed by atoms with Gasteiger partial charge in [-0.3, -0.25) is 0 Å². The monoisotopic (exact) mass is 350 g/mol. The average Bonchev–Trinajstić information content (AvgIpc) is 2.64. The Morgan fingerprint density at radius 2 is 1.48 bits per heavy atom. The Bertz CT molecular complexity index is 803. The van der Waals surface area contributed by atoms with Crippen molar-refractivity contribution < 1.29 is 9.84 Å². The van der Waals surface area contributed by atoms with Crippen LogP contribution in [0.3, 0.4) is 0 Å². The van der Waals surface area contributed by atoms with Crippen molar-refractivity contribution in [1.29, 1.82) is 0 Å². The maximum Gasteiger partial charge on any atom is 0.121 e. The first kappa shape index (κ1) is 17.4. The van der Waals surface area contributed by atoms with E-state index >= 15 is 0 Å². The van der Waals surface area contributed by atoms with Gasteiger partial charge in [-0.2, -0.15) is 0 Å². The van der Waals surface area contributed by atoms with Crippen LogP contribution in [0.4, 0.5) is 0 Å². The third-order valence-corrected chi connectivity index (χ3v) is 5.09. The molecule has 1 N–H and O–H groups in total. The van der Waals surface area contributed by atoms with Gasteiger partial charge in [-0.25, -0.2) is 0 Å². The molecule has 0 saturated heterocycles. The molecule has 0 atom stereocenters. The van der Waals surface area contributed by atoms with E-state index in [-0.39, 0.29) is 0 Å². The van der Waals surface area contributed by atoms with Gasteiger partial charge in [0.05, 0.1) is 0 Å². The molecule has 0 aliphatic heterocycles. The van der Waals surface area contributed by atoms with Crippen LogP contribution in [-0.2, 0) is 12.4 Å². The summed E-state index contributed by atoms with van der Waals surface area (Å²) in [7, 11) is 0. The Morgan fingerprint density at radius 1 is 0.840 bits per heavy atom. The SMILES string of the molecule is Cc1cc(SCc2ccc(OCc3ccccc3)cc2)cc(C)c1O. The summed E-state index contributed by atoms with van der Waals surface area (Å²) in [6.07, 6.45) is 0. The van der Waals surface area contributed by atoms with Crippen LogP contribution in [0.1, 0.15) is 22.3 Å². The number of aryl methyl sites for hydroxylation is 2. The van der Waals surface area contributed by atoms with E-state index in [1.807, 2.05) is 56.3 Å². The van der Waals surface area contributed by atoms with Crippen molar-refractivity contribution >= 4 is 11.8 Å². The van der Waals surface area contributed by atoms with Crippen molar-refractivity contribution in [3.05, 3.63) is 89.0 Å². The Kier molecular flexibility index (Phi) is 5.67. The van der Waals surface area contributed by atoms with Crippen LogP contribution in [0, 0.1) is 13.8 Å². The smallest absolute Gasteiger partial charge is 0.121 e. The van der Waals surface area contributed by atoms with Crippen molar-refractivity contribution in [1.82, 2.24) is 0 Å². The zero-order chi connectivity index (χ0) is 17.6. The van der Waals surface area contributed by atoms with Crippen molar-refractivity contribution in [3.8, 4) is 11.5 Å². The molecule has 0 aliphatic carbocycles. The van der Waals surface area contributed by atoms with Gasteiger partial charge in [-0.15, -0.1) is 11.8 Å². The van der Waals surface area contributed by atoms with Crippen LogP contribution in [0.5, 0.6) is 11.5 Å². The van der Waals surface area contributed by atoms with E-state index in [9.17, 15) is 5.11 Å². The van der Waals surface area contributed by atoms with Crippen molar-refractivity contribution in [3.63, 3.8) is 0 Å². The highest BCUT2D eigenvalue weighted by molar-refractivity contribution is 7.98. The highest BCUT2D eigenvalue weighted by atomic mass is 32.2. The molecule has 3 heteroatoms. The second kappa shape index (κ2) is 8.13. The molecule has 0 fully saturated rings. The highest BCUT2D eigenvalue weighted by Crippen LogP contribution is 2.30. The summed E-state index contributed by atoms with van der Waals surface area (Å²) >= 11 is 1.77. The normalized spacial score (nSPS) is 10.6. The lowest BCUT2D eigenvalue weighted by Crippen LogP contribution is -1.95. The van der Waals surface area contributed by atoms with Crippen LogP contribution in [0.25, 0.3) is 0 Å². The second-order valence-electron chi connectivity index (χ2n) is 6.11. The van der Waals surface area contributed by atoms with Crippen LogP contribution < -0.4 is 4.74 Å². The van der Waals surface area contributed by atoms with Crippen LogP contribution >= 0.6 is 11.8 Å². The number of phenolic OH excluding ortho intramolecular Hbond substituents is 1. The van der Waals surface area contributed by atoms with E-state index in [4.69, 9.17) is 4.74 Å².